The summed E-state index contributed by atoms with van der Waals surface area (Å²) in [5.74, 6) is 0.147. The minimum Gasteiger partial charge on any atom is -0.495 e. The van der Waals surface area contributed by atoms with E-state index in [1.54, 1.807) is 36.4 Å². The molecular formula is C21H25ClN2O4S. The van der Waals surface area contributed by atoms with Crippen LogP contribution in [0.15, 0.2) is 41.3 Å². The molecule has 2 aromatic carbocycles. The predicted octanol–water partition coefficient (Wildman–Crippen LogP) is 3.55. The summed E-state index contributed by atoms with van der Waals surface area (Å²) in [5, 5.41) is 3.47. The highest BCUT2D eigenvalue weighted by Gasteiger charge is 2.32. The third kappa shape index (κ3) is 4.74. The Morgan fingerprint density at radius 3 is 2.41 bits per heavy atom. The summed E-state index contributed by atoms with van der Waals surface area (Å²) in [5.41, 5.74) is 2.36. The van der Waals surface area contributed by atoms with Gasteiger partial charge in [-0.05, 0) is 68.1 Å². The summed E-state index contributed by atoms with van der Waals surface area (Å²) in [4.78, 5) is 12.6. The maximum atomic E-state index is 13.2. The molecule has 1 N–H and O–H groups in total. The van der Waals surface area contributed by atoms with Crippen molar-refractivity contribution in [1.29, 1.82) is 0 Å². The number of methoxy groups -OCH3 is 1. The van der Waals surface area contributed by atoms with Gasteiger partial charge in [0.25, 0.3) is 5.91 Å². The molecule has 1 aliphatic rings. The van der Waals surface area contributed by atoms with Gasteiger partial charge in [-0.15, -0.1) is 0 Å². The second kappa shape index (κ2) is 8.73. The van der Waals surface area contributed by atoms with Gasteiger partial charge in [0.2, 0.25) is 10.0 Å². The highest BCUT2D eigenvalue weighted by atomic mass is 35.5. The van der Waals surface area contributed by atoms with E-state index in [0.717, 1.165) is 11.1 Å². The second-order valence-electron chi connectivity index (χ2n) is 7.25. The molecule has 0 aromatic heterocycles. The molecule has 0 aliphatic carbocycles. The van der Waals surface area contributed by atoms with Gasteiger partial charge in [0, 0.05) is 29.7 Å². The smallest absolute Gasteiger partial charge is 0.251 e. The lowest BCUT2D eigenvalue weighted by molar-refractivity contribution is 0.0924. The van der Waals surface area contributed by atoms with Crippen molar-refractivity contribution in [2.45, 2.75) is 37.6 Å². The van der Waals surface area contributed by atoms with E-state index >= 15 is 0 Å². The molecule has 0 bridgehead atoms. The normalized spacial score (nSPS) is 15.9. The molecule has 0 spiro atoms. The SMILES string of the molecule is COc1cc(C)c(C)cc1S(=O)(=O)N1CCC(NC(=O)c2cccc(Cl)c2)CC1. The zero-order chi connectivity index (χ0) is 21.2. The Labute approximate surface area is 176 Å². The molecule has 29 heavy (non-hydrogen) atoms. The first-order chi connectivity index (χ1) is 13.7. The first kappa shape index (κ1) is 21.6. The molecule has 3 rings (SSSR count). The van der Waals surface area contributed by atoms with Gasteiger partial charge in [-0.25, -0.2) is 8.42 Å². The fourth-order valence-corrected chi connectivity index (χ4v) is 5.28. The lowest BCUT2D eigenvalue weighted by Gasteiger charge is -2.32. The highest BCUT2D eigenvalue weighted by molar-refractivity contribution is 7.89. The molecule has 1 fully saturated rings. The Kier molecular flexibility index (Phi) is 6.51. The van der Waals surface area contributed by atoms with E-state index in [1.807, 2.05) is 13.8 Å². The average molecular weight is 437 g/mol. The number of carbonyl (C=O) groups is 1. The van der Waals surface area contributed by atoms with Crippen LogP contribution in [0.2, 0.25) is 5.02 Å². The van der Waals surface area contributed by atoms with E-state index in [2.05, 4.69) is 5.32 Å². The number of nitrogens with one attached hydrogen (secondary N) is 1. The number of piperidine rings is 1. The van der Waals surface area contributed by atoms with E-state index in [1.165, 1.54) is 11.4 Å². The largest absolute Gasteiger partial charge is 0.495 e. The van der Waals surface area contributed by atoms with E-state index in [9.17, 15) is 13.2 Å². The van der Waals surface area contributed by atoms with Crippen LogP contribution in [-0.2, 0) is 10.0 Å². The molecule has 0 saturated carbocycles. The van der Waals surface area contributed by atoms with Crippen LogP contribution in [0.3, 0.4) is 0 Å². The van der Waals surface area contributed by atoms with Gasteiger partial charge in [0.05, 0.1) is 7.11 Å². The minimum absolute atomic E-state index is 0.0884. The Hall–Kier alpha value is -2.09. The van der Waals surface area contributed by atoms with Crippen LogP contribution in [-0.4, -0.2) is 44.9 Å². The van der Waals surface area contributed by atoms with Gasteiger partial charge in [-0.1, -0.05) is 17.7 Å². The van der Waals surface area contributed by atoms with E-state index < -0.39 is 10.0 Å². The monoisotopic (exact) mass is 436 g/mol. The molecule has 2 aromatic rings. The second-order valence-corrected chi connectivity index (χ2v) is 9.59. The summed E-state index contributed by atoms with van der Waals surface area (Å²) in [6.45, 7) is 4.46. The Morgan fingerprint density at radius 2 is 1.79 bits per heavy atom. The summed E-state index contributed by atoms with van der Waals surface area (Å²) in [6.07, 6.45) is 1.08. The van der Waals surface area contributed by atoms with Gasteiger partial charge in [0.15, 0.2) is 0 Å². The Bertz CT molecular complexity index is 1020. The molecular weight excluding hydrogens is 412 g/mol. The molecule has 8 heteroatoms. The maximum absolute atomic E-state index is 13.2. The Morgan fingerprint density at radius 1 is 1.14 bits per heavy atom. The number of aryl methyl sites for hydroxylation is 2. The molecule has 0 atom stereocenters. The minimum atomic E-state index is -3.68. The van der Waals surface area contributed by atoms with Crippen LogP contribution in [0, 0.1) is 13.8 Å². The van der Waals surface area contributed by atoms with Gasteiger partial charge in [-0.2, -0.15) is 4.31 Å². The summed E-state index contributed by atoms with van der Waals surface area (Å²) >= 11 is 5.94. The van der Waals surface area contributed by atoms with Crippen LogP contribution >= 0.6 is 11.6 Å². The standard InChI is InChI=1S/C21H25ClN2O4S/c1-14-11-19(28-3)20(12-15(14)2)29(26,27)24-9-7-18(8-10-24)23-21(25)16-5-4-6-17(22)13-16/h4-6,11-13,18H,7-10H2,1-3H3,(H,23,25). The predicted molar refractivity (Wildman–Crippen MR) is 113 cm³/mol. The summed E-state index contributed by atoms with van der Waals surface area (Å²) < 4.78 is 33.1. The lowest BCUT2D eigenvalue weighted by atomic mass is 10.1. The number of nitrogens with zero attached hydrogens (tertiary/aromatic N) is 1. The zero-order valence-corrected chi connectivity index (χ0v) is 18.3. The number of rotatable bonds is 5. The topological polar surface area (TPSA) is 75.7 Å². The number of amides is 1. The molecule has 1 aliphatic heterocycles. The molecule has 0 unspecified atom stereocenters. The van der Waals surface area contributed by atoms with Crippen molar-refractivity contribution in [2.75, 3.05) is 20.2 Å². The maximum Gasteiger partial charge on any atom is 0.251 e. The van der Waals surface area contributed by atoms with Crippen LogP contribution in [0.4, 0.5) is 0 Å². The first-order valence-corrected chi connectivity index (χ1v) is 11.3. The number of carbonyl (C=O) groups excluding carboxylic acids is 1. The van der Waals surface area contributed by atoms with Crippen molar-refractivity contribution in [1.82, 2.24) is 9.62 Å². The summed E-state index contributed by atoms with van der Waals surface area (Å²) in [6, 6.07) is 10.1. The number of benzene rings is 2. The average Bonchev–Trinajstić information content (AvgIpc) is 2.70. The molecule has 1 amide bonds. The molecule has 1 heterocycles. The number of sulfonamides is 1. The van der Waals surface area contributed by atoms with Crippen molar-refractivity contribution in [3.8, 4) is 5.75 Å². The first-order valence-electron chi connectivity index (χ1n) is 9.44. The van der Waals surface area contributed by atoms with E-state index in [4.69, 9.17) is 16.3 Å². The highest BCUT2D eigenvalue weighted by Crippen LogP contribution is 2.31. The van der Waals surface area contributed by atoms with Crippen molar-refractivity contribution < 1.29 is 17.9 Å². The fourth-order valence-electron chi connectivity index (χ4n) is 3.40. The number of hydrogen-bond acceptors (Lipinski definition) is 4. The molecule has 0 radical (unpaired) electrons. The van der Waals surface area contributed by atoms with Gasteiger partial charge < -0.3 is 10.1 Å². The van der Waals surface area contributed by atoms with Crippen LogP contribution in [0.25, 0.3) is 0 Å². The van der Waals surface area contributed by atoms with Gasteiger partial charge in [-0.3, -0.25) is 4.79 Å². The quantitative estimate of drug-likeness (QED) is 0.777. The van der Waals surface area contributed by atoms with Crippen molar-refractivity contribution in [3.63, 3.8) is 0 Å². The van der Waals surface area contributed by atoms with Gasteiger partial charge in [0.1, 0.15) is 10.6 Å². The van der Waals surface area contributed by atoms with Crippen LogP contribution in [0.1, 0.15) is 34.3 Å². The van der Waals surface area contributed by atoms with Crippen LogP contribution in [0.5, 0.6) is 5.75 Å². The molecule has 6 nitrogen and oxygen atoms in total. The number of halogens is 1. The zero-order valence-electron chi connectivity index (χ0n) is 16.7. The molecule has 1 saturated heterocycles. The van der Waals surface area contributed by atoms with Crippen molar-refractivity contribution in [2.24, 2.45) is 0 Å². The molecule has 156 valence electrons. The fraction of sp³-hybridized carbons (Fsp3) is 0.381. The van der Waals surface area contributed by atoms with Crippen molar-refractivity contribution >= 4 is 27.5 Å². The lowest BCUT2D eigenvalue weighted by Crippen LogP contribution is -2.46. The van der Waals surface area contributed by atoms with E-state index in [-0.39, 0.29) is 16.8 Å². The van der Waals surface area contributed by atoms with E-state index in [0.29, 0.717) is 42.3 Å². The van der Waals surface area contributed by atoms with Crippen molar-refractivity contribution in [3.05, 3.63) is 58.1 Å². The third-order valence-electron chi connectivity index (χ3n) is 5.27. The van der Waals surface area contributed by atoms with Gasteiger partial charge >= 0.3 is 0 Å². The third-order valence-corrected chi connectivity index (χ3v) is 7.43. The number of ether oxygens (including phenoxy) is 1. The number of hydrogen-bond donors (Lipinski definition) is 1. The van der Waals surface area contributed by atoms with Crippen LogP contribution < -0.4 is 10.1 Å². The Balaban J connectivity index is 1.69. The summed E-state index contributed by atoms with van der Waals surface area (Å²) in [7, 11) is -2.20.